The van der Waals surface area contributed by atoms with Gasteiger partial charge < -0.3 is 10.2 Å². The molecule has 3 rings (SSSR count). The lowest BCUT2D eigenvalue weighted by Gasteiger charge is -2.37. The number of rotatable bonds is 3. The van der Waals surface area contributed by atoms with E-state index in [9.17, 15) is 9.59 Å². The van der Waals surface area contributed by atoms with E-state index in [2.05, 4.69) is 5.32 Å². The van der Waals surface area contributed by atoms with Gasteiger partial charge in [-0.15, -0.1) is 0 Å². The van der Waals surface area contributed by atoms with Crippen molar-refractivity contribution in [3.05, 3.63) is 33.8 Å². The first-order valence-corrected chi connectivity index (χ1v) is 7.77. The largest absolute Gasteiger partial charge is 0.342 e. The number of benzene rings is 1. The van der Waals surface area contributed by atoms with Gasteiger partial charge in [0.25, 0.3) is 0 Å². The van der Waals surface area contributed by atoms with Crippen LogP contribution in [0.4, 0.5) is 0 Å². The number of carbonyl (C=O) groups excluding carboxylic acids is 2. The van der Waals surface area contributed by atoms with E-state index in [0.29, 0.717) is 22.5 Å². The van der Waals surface area contributed by atoms with Gasteiger partial charge in [0, 0.05) is 6.54 Å². The Morgan fingerprint density at radius 2 is 1.95 bits per heavy atom. The first-order valence-electron chi connectivity index (χ1n) is 7.02. The van der Waals surface area contributed by atoms with Crippen molar-refractivity contribution in [2.75, 3.05) is 0 Å². The van der Waals surface area contributed by atoms with Gasteiger partial charge in [-0.25, -0.2) is 0 Å². The molecule has 1 aliphatic carbocycles. The Labute approximate surface area is 133 Å². The van der Waals surface area contributed by atoms with Crippen LogP contribution in [0.1, 0.15) is 25.3 Å². The van der Waals surface area contributed by atoms with Gasteiger partial charge >= 0.3 is 0 Å². The van der Waals surface area contributed by atoms with Crippen molar-refractivity contribution in [1.29, 1.82) is 0 Å². The number of piperazine rings is 1. The van der Waals surface area contributed by atoms with Crippen LogP contribution in [0.3, 0.4) is 0 Å². The zero-order valence-corrected chi connectivity index (χ0v) is 13.1. The summed E-state index contributed by atoms with van der Waals surface area (Å²) in [4.78, 5) is 26.2. The van der Waals surface area contributed by atoms with Crippen LogP contribution in [-0.4, -0.2) is 28.8 Å². The van der Waals surface area contributed by atoms with Crippen molar-refractivity contribution >= 4 is 35.0 Å². The summed E-state index contributed by atoms with van der Waals surface area (Å²) in [5.41, 5.74) is 0.869. The van der Waals surface area contributed by atoms with Crippen LogP contribution in [0, 0.1) is 5.92 Å². The second-order valence-corrected chi connectivity index (χ2v) is 6.53. The molecule has 2 unspecified atom stereocenters. The molecule has 2 amide bonds. The quantitative estimate of drug-likeness (QED) is 0.928. The Morgan fingerprint density at radius 3 is 2.57 bits per heavy atom. The molecule has 1 heterocycles. The summed E-state index contributed by atoms with van der Waals surface area (Å²) in [6.45, 7) is 2.11. The highest BCUT2D eigenvalue weighted by Crippen LogP contribution is 2.35. The molecule has 0 aromatic heterocycles. The first kappa shape index (κ1) is 14.7. The molecule has 1 saturated heterocycles. The molecule has 1 aromatic carbocycles. The van der Waals surface area contributed by atoms with Gasteiger partial charge in [0.15, 0.2) is 0 Å². The van der Waals surface area contributed by atoms with Crippen LogP contribution < -0.4 is 5.32 Å². The second kappa shape index (κ2) is 5.50. The number of nitrogens with zero attached hydrogens (tertiary/aromatic N) is 1. The monoisotopic (exact) mass is 326 g/mol. The van der Waals surface area contributed by atoms with E-state index in [0.717, 1.165) is 18.4 Å². The third-order valence-electron chi connectivity index (χ3n) is 4.12. The Hall–Kier alpha value is -1.26. The number of halogens is 2. The molecule has 1 saturated carbocycles. The summed E-state index contributed by atoms with van der Waals surface area (Å²) >= 11 is 11.9. The standard InChI is InChI=1S/C15H16Cl2N2O2/c1-8-14(20)18-13(10-3-4-10)15(21)19(8)7-9-2-5-11(16)12(17)6-9/h2,5-6,8,10,13H,3-4,7H2,1H3,(H,18,20). The van der Waals surface area contributed by atoms with Crippen LogP contribution in [0.25, 0.3) is 0 Å². The minimum absolute atomic E-state index is 0.00401. The third kappa shape index (κ3) is 2.87. The van der Waals surface area contributed by atoms with Gasteiger partial charge in [0.1, 0.15) is 12.1 Å². The molecule has 4 nitrogen and oxygen atoms in total. The average molecular weight is 327 g/mol. The van der Waals surface area contributed by atoms with Crippen LogP contribution >= 0.6 is 23.2 Å². The molecule has 112 valence electrons. The summed E-state index contributed by atoms with van der Waals surface area (Å²) in [5.74, 6) is 0.201. The molecule has 0 radical (unpaired) electrons. The van der Waals surface area contributed by atoms with Crippen molar-refractivity contribution in [1.82, 2.24) is 10.2 Å². The van der Waals surface area contributed by atoms with E-state index in [-0.39, 0.29) is 17.9 Å². The van der Waals surface area contributed by atoms with Gasteiger partial charge in [0.2, 0.25) is 11.8 Å². The predicted octanol–water partition coefficient (Wildman–Crippen LogP) is 2.62. The summed E-state index contributed by atoms with van der Waals surface area (Å²) in [6.07, 6.45) is 2.01. The number of nitrogens with one attached hydrogen (secondary N) is 1. The maximum Gasteiger partial charge on any atom is 0.246 e. The Kier molecular flexibility index (Phi) is 3.84. The van der Waals surface area contributed by atoms with E-state index in [1.807, 2.05) is 6.07 Å². The second-order valence-electron chi connectivity index (χ2n) is 5.71. The highest BCUT2D eigenvalue weighted by Gasteiger charge is 2.45. The van der Waals surface area contributed by atoms with Gasteiger partial charge in [-0.3, -0.25) is 9.59 Å². The molecule has 1 aromatic rings. The van der Waals surface area contributed by atoms with Gasteiger partial charge in [-0.05, 0) is 43.4 Å². The van der Waals surface area contributed by atoms with Crippen molar-refractivity contribution in [3.63, 3.8) is 0 Å². The van der Waals surface area contributed by atoms with Crippen LogP contribution in [-0.2, 0) is 16.1 Å². The van der Waals surface area contributed by atoms with Crippen LogP contribution in [0.15, 0.2) is 18.2 Å². The van der Waals surface area contributed by atoms with Crippen LogP contribution in [0.2, 0.25) is 10.0 Å². The number of carbonyl (C=O) groups is 2. The summed E-state index contributed by atoms with van der Waals surface area (Å²) in [5, 5.41) is 3.77. The maximum absolute atomic E-state index is 12.6. The lowest BCUT2D eigenvalue weighted by Crippen LogP contribution is -2.62. The maximum atomic E-state index is 12.6. The summed E-state index contributed by atoms with van der Waals surface area (Å²) in [7, 11) is 0. The molecule has 0 bridgehead atoms. The molecule has 1 aliphatic heterocycles. The molecule has 0 spiro atoms. The number of amides is 2. The van der Waals surface area contributed by atoms with Gasteiger partial charge in [0.05, 0.1) is 10.0 Å². The molecule has 1 N–H and O–H groups in total. The molecule has 21 heavy (non-hydrogen) atoms. The lowest BCUT2D eigenvalue weighted by atomic mass is 10.0. The van der Waals surface area contributed by atoms with Crippen molar-refractivity contribution in [3.8, 4) is 0 Å². The zero-order chi connectivity index (χ0) is 15.1. The Bertz CT molecular complexity index is 601. The Balaban J connectivity index is 1.82. The SMILES string of the molecule is CC1C(=O)NC(C2CC2)C(=O)N1Cc1ccc(Cl)c(Cl)c1. The highest BCUT2D eigenvalue weighted by atomic mass is 35.5. The molecule has 2 fully saturated rings. The molecule has 6 heteroatoms. The third-order valence-corrected chi connectivity index (χ3v) is 4.86. The molecule has 2 aliphatic rings. The lowest BCUT2D eigenvalue weighted by molar-refractivity contribution is -0.149. The highest BCUT2D eigenvalue weighted by molar-refractivity contribution is 6.42. The van der Waals surface area contributed by atoms with Crippen molar-refractivity contribution < 1.29 is 9.59 Å². The topological polar surface area (TPSA) is 49.4 Å². The van der Waals surface area contributed by atoms with Crippen molar-refractivity contribution in [2.45, 2.75) is 38.4 Å². The number of hydrogen-bond acceptors (Lipinski definition) is 2. The molecular formula is C15H16Cl2N2O2. The summed E-state index contributed by atoms with van der Waals surface area (Å²) in [6, 6.07) is 4.44. The smallest absolute Gasteiger partial charge is 0.246 e. The van der Waals surface area contributed by atoms with E-state index >= 15 is 0 Å². The zero-order valence-electron chi connectivity index (χ0n) is 11.6. The van der Waals surface area contributed by atoms with E-state index in [1.54, 1.807) is 24.0 Å². The fourth-order valence-electron chi connectivity index (χ4n) is 2.65. The average Bonchev–Trinajstić information content (AvgIpc) is 3.27. The number of hydrogen-bond donors (Lipinski definition) is 1. The van der Waals surface area contributed by atoms with E-state index in [1.165, 1.54) is 0 Å². The molecule has 2 atom stereocenters. The predicted molar refractivity (Wildman–Crippen MR) is 81.1 cm³/mol. The van der Waals surface area contributed by atoms with Gasteiger partial charge in [-0.2, -0.15) is 0 Å². The van der Waals surface area contributed by atoms with E-state index < -0.39 is 6.04 Å². The van der Waals surface area contributed by atoms with E-state index in [4.69, 9.17) is 23.2 Å². The Morgan fingerprint density at radius 1 is 1.24 bits per heavy atom. The minimum atomic E-state index is -0.470. The fraction of sp³-hybridized carbons (Fsp3) is 0.467. The minimum Gasteiger partial charge on any atom is -0.342 e. The normalized spacial score (nSPS) is 26.0. The van der Waals surface area contributed by atoms with Gasteiger partial charge in [-0.1, -0.05) is 29.3 Å². The van der Waals surface area contributed by atoms with Crippen molar-refractivity contribution in [2.24, 2.45) is 5.92 Å². The molecular weight excluding hydrogens is 311 g/mol. The van der Waals surface area contributed by atoms with Crippen LogP contribution in [0.5, 0.6) is 0 Å². The summed E-state index contributed by atoms with van der Waals surface area (Å²) < 4.78 is 0. The first-order chi connectivity index (χ1) is 9.97. The fourth-order valence-corrected chi connectivity index (χ4v) is 2.97.